The lowest BCUT2D eigenvalue weighted by atomic mass is 10.2. The van der Waals surface area contributed by atoms with Gasteiger partial charge in [-0.05, 0) is 115 Å². The molecule has 0 bridgehead atoms. The fourth-order valence-corrected chi connectivity index (χ4v) is 6.62. The van der Waals surface area contributed by atoms with Crippen LogP contribution in [0, 0.1) is 0 Å². The third-order valence-electron chi connectivity index (χ3n) is 10.1. The number of nitrogens with one attached hydrogen (secondary N) is 3. The predicted octanol–water partition coefficient (Wildman–Crippen LogP) is 6.19. The summed E-state index contributed by atoms with van der Waals surface area (Å²) in [4.78, 5) is 62.3. The van der Waals surface area contributed by atoms with Gasteiger partial charge in [-0.1, -0.05) is 10.4 Å². The van der Waals surface area contributed by atoms with Crippen molar-refractivity contribution >= 4 is 75.4 Å². The normalized spacial score (nSPS) is 11.1. The predicted molar refractivity (Wildman–Crippen MR) is 288 cm³/mol. The van der Waals surface area contributed by atoms with E-state index in [1.807, 2.05) is 77.9 Å². The summed E-state index contributed by atoms with van der Waals surface area (Å²) < 4.78 is 37.1. The van der Waals surface area contributed by atoms with Crippen molar-refractivity contribution in [1.82, 2.24) is 80.1 Å². The lowest BCUT2D eigenvalue weighted by Crippen LogP contribution is -2.33. The summed E-state index contributed by atoms with van der Waals surface area (Å²) in [5, 5.41) is 33.3. The molecule has 28 nitrogen and oxygen atoms in total. The average molecular weight is 1110 g/mol. The van der Waals surface area contributed by atoms with E-state index in [2.05, 4.69) is 76.2 Å². The first-order valence-corrected chi connectivity index (χ1v) is 25.1. The highest BCUT2D eigenvalue weighted by atomic mass is 35.5. The molecule has 6 aromatic heterocycles. The number of carbonyl (C=O) groups excluding carboxylic acids is 4. The molecular weight excluding hydrogens is 1050 g/mol. The standard InChI is InChI=1S/C25H31N9O5.C14H22N2O3.C11H10ClN7O2/c1-25(2,3)39-24(36)26-11-5-13-38-19-8-6-17(7-9-19)29-23-27-15-20-22(30-23)34(32-31-20)18-14-28-33(16-18)12-10-21(35)37-4;1-14(2,3)19-13(17)16-9-4-10-18-12-7-5-11(15)6-8-12;1-21-9(20)2-3-18-6-7(4-14-18)19-10-8(16-17-19)5-13-11(12)15-10/h6-9,14-16H,5,10-13H2,1-4H3,(H,26,36)(H,27,29,30);5-8H,4,9-10,15H2,1-3H3,(H,16,17);4-6H,2-3H2,1H3. The Hall–Kier alpha value is -9.21. The highest BCUT2D eigenvalue weighted by Crippen LogP contribution is 2.21. The number of fused-ring (bicyclic) bond motifs is 2. The minimum absolute atomic E-state index is 0.115. The molecule has 79 heavy (non-hydrogen) atoms. The molecule has 0 aliphatic rings. The Morgan fingerprint density at radius 2 is 1.08 bits per heavy atom. The van der Waals surface area contributed by atoms with E-state index in [-0.39, 0.29) is 30.1 Å². The van der Waals surface area contributed by atoms with Crippen LogP contribution < -0.4 is 31.2 Å². The number of nitrogen functional groups attached to an aromatic ring is 1. The van der Waals surface area contributed by atoms with Gasteiger partial charge in [0, 0.05) is 24.5 Å². The monoisotopic (exact) mass is 1110 g/mol. The number of halogens is 1. The largest absolute Gasteiger partial charge is 0.494 e. The number of ether oxygens (including phenoxy) is 6. The van der Waals surface area contributed by atoms with Crippen LogP contribution in [0.3, 0.4) is 0 Å². The van der Waals surface area contributed by atoms with E-state index in [1.165, 1.54) is 25.1 Å². The summed E-state index contributed by atoms with van der Waals surface area (Å²) >= 11 is 5.78. The van der Waals surface area contributed by atoms with Gasteiger partial charge in [-0.2, -0.15) is 29.5 Å². The summed E-state index contributed by atoms with van der Waals surface area (Å²) in [7, 11) is 2.70. The molecule has 2 amide bonds. The summed E-state index contributed by atoms with van der Waals surface area (Å²) in [6.07, 6.45) is 10.7. The molecule has 0 saturated heterocycles. The van der Waals surface area contributed by atoms with Crippen molar-refractivity contribution in [3.05, 3.63) is 91.0 Å². The van der Waals surface area contributed by atoms with Gasteiger partial charge in [0.2, 0.25) is 11.2 Å². The Labute approximate surface area is 458 Å². The van der Waals surface area contributed by atoms with Crippen molar-refractivity contribution in [2.75, 3.05) is 51.6 Å². The van der Waals surface area contributed by atoms with Crippen molar-refractivity contribution in [3.8, 4) is 22.9 Å². The Bertz CT molecular complexity index is 3240. The van der Waals surface area contributed by atoms with Gasteiger partial charge in [-0.25, -0.2) is 19.6 Å². The fraction of sp³-hybridized carbons (Fsp3) is 0.400. The minimum Gasteiger partial charge on any atom is -0.494 e. The molecule has 2 aromatic carbocycles. The van der Waals surface area contributed by atoms with Gasteiger partial charge in [-0.15, -0.1) is 10.2 Å². The molecule has 0 unspecified atom stereocenters. The molecule has 0 fully saturated rings. The quantitative estimate of drug-likeness (QED) is 0.0217. The van der Waals surface area contributed by atoms with Crippen LogP contribution in [0.15, 0.2) is 85.7 Å². The maximum absolute atomic E-state index is 11.7. The lowest BCUT2D eigenvalue weighted by molar-refractivity contribution is -0.141. The van der Waals surface area contributed by atoms with Crippen LogP contribution in [-0.2, 0) is 41.6 Å². The van der Waals surface area contributed by atoms with Crippen molar-refractivity contribution in [2.24, 2.45) is 0 Å². The highest BCUT2D eigenvalue weighted by molar-refractivity contribution is 6.28. The molecule has 0 aliphatic heterocycles. The molecular formula is C50H63ClN18O10. The molecule has 0 spiro atoms. The first-order valence-electron chi connectivity index (χ1n) is 24.7. The molecule has 0 aliphatic carbocycles. The van der Waals surface area contributed by atoms with Crippen molar-refractivity contribution in [3.63, 3.8) is 0 Å². The molecule has 0 saturated carbocycles. The van der Waals surface area contributed by atoms with Gasteiger partial charge in [0.15, 0.2) is 22.3 Å². The van der Waals surface area contributed by atoms with Gasteiger partial charge in [0.25, 0.3) is 0 Å². The number of nitrogens with two attached hydrogens (primary N) is 1. The third-order valence-corrected chi connectivity index (χ3v) is 10.3. The molecule has 29 heteroatoms. The van der Waals surface area contributed by atoms with Crippen LogP contribution in [0.5, 0.6) is 11.5 Å². The molecule has 0 atom stereocenters. The number of aromatic nitrogens is 14. The van der Waals surface area contributed by atoms with Crippen LogP contribution in [0.1, 0.15) is 67.2 Å². The first-order chi connectivity index (χ1) is 37.7. The number of rotatable bonds is 20. The number of hydrogen-bond acceptors (Lipinski definition) is 22. The van der Waals surface area contributed by atoms with Crippen molar-refractivity contribution in [1.29, 1.82) is 0 Å². The Kier molecular flexibility index (Phi) is 21.1. The number of aryl methyl sites for hydroxylation is 2. The molecule has 8 rings (SSSR count). The summed E-state index contributed by atoms with van der Waals surface area (Å²) in [6.45, 7) is 13.7. The van der Waals surface area contributed by atoms with Gasteiger partial charge in [-0.3, -0.25) is 19.0 Å². The number of alkyl carbamates (subject to hydrolysis) is 2. The number of nitrogens with zero attached hydrogens (tertiary/aromatic N) is 14. The Balaban J connectivity index is 0.000000212. The molecule has 0 radical (unpaired) electrons. The number of benzene rings is 2. The van der Waals surface area contributed by atoms with E-state index in [4.69, 9.17) is 36.3 Å². The number of esters is 2. The number of hydrogen-bond donors (Lipinski definition) is 4. The Morgan fingerprint density at radius 3 is 1.54 bits per heavy atom. The van der Waals surface area contributed by atoms with Crippen LogP contribution >= 0.6 is 11.6 Å². The van der Waals surface area contributed by atoms with E-state index in [0.29, 0.717) is 103 Å². The zero-order valence-corrected chi connectivity index (χ0v) is 45.7. The van der Waals surface area contributed by atoms with Gasteiger partial charge >= 0.3 is 24.1 Å². The van der Waals surface area contributed by atoms with Crippen LogP contribution in [-0.4, -0.2) is 145 Å². The van der Waals surface area contributed by atoms with Crippen molar-refractivity contribution in [2.45, 2.75) is 91.5 Å². The second kappa shape index (κ2) is 28.2. The Morgan fingerprint density at radius 1 is 0.620 bits per heavy atom. The van der Waals surface area contributed by atoms with E-state index < -0.39 is 23.4 Å². The number of anilines is 3. The van der Waals surface area contributed by atoms with E-state index in [0.717, 1.165) is 11.4 Å². The minimum atomic E-state index is -0.525. The molecule has 8 aromatic rings. The highest BCUT2D eigenvalue weighted by Gasteiger charge is 2.18. The van der Waals surface area contributed by atoms with Crippen LogP contribution in [0.2, 0.25) is 5.28 Å². The SMILES string of the molecule is CC(C)(C)OC(=O)NCCCOc1ccc(N)cc1.COC(=O)CCn1cc(-n2nnc3cnc(Cl)nc32)cn1.COC(=O)CCn1cc(-n2nnc3cnc(Nc4ccc(OCCCNC(=O)OC(C)(C)C)cc4)nc32)cn1. The number of methoxy groups -OCH3 is 2. The zero-order chi connectivity index (χ0) is 57.0. The van der Waals surface area contributed by atoms with E-state index in [1.54, 1.807) is 57.2 Å². The molecule has 6 heterocycles. The summed E-state index contributed by atoms with van der Waals surface area (Å²) in [6, 6.07) is 14.6. The van der Waals surface area contributed by atoms with Gasteiger partial charge < -0.3 is 50.1 Å². The number of carbonyl (C=O) groups is 4. The summed E-state index contributed by atoms with van der Waals surface area (Å²) in [5.74, 6) is 1.23. The second-order valence-corrected chi connectivity index (χ2v) is 19.1. The topological polar surface area (TPSA) is 334 Å². The lowest BCUT2D eigenvalue weighted by Gasteiger charge is -2.19. The van der Waals surface area contributed by atoms with Gasteiger partial charge in [0.1, 0.15) is 34.1 Å². The van der Waals surface area contributed by atoms with Crippen LogP contribution in [0.4, 0.5) is 26.9 Å². The first kappa shape index (κ1) is 59.0. The maximum Gasteiger partial charge on any atom is 0.407 e. The molecule has 420 valence electrons. The van der Waals surface area contributed by atoms with E-state index in [9.17, 15) is 19.2 Å². The molecule has 5 N–H and O–H groups in total. The average Bonchev–Trinajstić information content (AvgIpc) is 4.39. The second-order valence-electron chi connectivity index (χ2n) is 18.8. The number of amides is 2. The van der Waals surface area contributed by atoms with Crippen molar-refractivity contribution < 1.29 is 47.6 Å². The van der Waals surface area contributed by atoms with Crippen LogP contribution in [0.25, 0.3) is 33.7 Å². The summed E-state index contributed by atoms with van der Waals surface area (Å²) in [5.41, 5.74) is 9.40. The van der Waals surface area contributed by atoms with Gasteiger partial charge in [0.05, 0.1) is 90.5 Å². The maximum atomic E-state index is 11.7. The van der Waals surface area contributed by atoms with E-state index >= 15 is 0 Å². The smallest absolute Gasteiger partial charge is 0.407 e. The third kappa shape index (κ3) is 19.7. The fourth-order valence-electron chi connectivity index (χ4n) is 6.49. The zero-order valence-electron chi connectivity index (χ0n) is 45.0.